The molecule has 1 aliphatic heterocycles. The zero-order chi connectivity index (χ0) is 11.7. The van der Waals surface area contributed by atoms with E-state index in [-0.39, 0.29) is 0 Å². The van der Waals surface area contributed by atoms with Gasteiger partial charge < -0.3 is 10.3 Å². The van der Waals surface area contributed by atoms with E-state index in [4.69, 9.17) is 0 Å². The third-order valence-corrected chi connectivity index (χ3v) is 3.53. The summed E-state index contributed by atoms with van der Waals surface area (Å²) in [6.07, 6.45) is 2.02. The van der Waals surface area contributed by atoms with Crippen LogP contribution in [0, 0.1) is 6.92 Å². The largest absolute Gasteiger partial charge is 0.361 e. The Morgan fingerprint density at radius 1 is 1.24 bits per heavy atom. The van der Waals surface area contributed by atoms with Crippen LogP contribution in [0.2, 0.25) is 0 Å². The van der Waals surface area contributed by atoms with Crippen molar-refractivity contribution in [1.29, 1.82) is 0 Å². The van der Waals surface area contributed by atoms with Crippen molar-refractivity contribution in [1.82, 2.24) is 15.2 Å². The lowest BCUT2D eigenvalue weighted by Crippen LogP contribution is -2.42. The predicted molar refractivity (Wildman–Crippen MR) is 71.2 cm³/mol. The molecule has 0 aliphatic carbocycles. The topological polar surface area (TPSA) is 31.1 Å². The average molecular weight is 229 g/mol. The molecule has 17 heavy (non-hydrogen) atoms. The van der Waals surface area contributed by atoms with E-state index in [1.165, 1.54) is 22.0 Å². The van der Waals surface area contributed by atoms with Crippen LogP contribution >= 0.6 is 0 Å². The van der Waals surface area contributed by atoms with Gasteiger partial charge in [0.05, 0.1) is 0 Å². The van der Waals surface area contributed by atoms with Gasteiger partial charge in [-0.2, -0.15) is 0 Å². The van der Waals surface area contributed by atoms with Gasteiger partial charge in [0.15, 0.2) is 0 Å². The SMILES string of the molecule is Cc1cc(CN2CCNCC2)cc2cc[nH]c12. The number of fused-ring (bicyclic) bond motifs is 1. The van der Waals surface area contributed by atoms with E-state index in [0.717, 1.165) is 32.7 Å². The van der Waals surface area contributed by atoms with Crippen molar-refractivity contribution in [2.45, 2.75) is 13.5 Å². The van der Waals surface area contributed by atoms with Gasteiger partial charge in [0.2, 0.25) is 0 Å². The maximum Gasteiger partial charge on any atom is 0.0483 e. The van der Waals surface area contributed by atoms with Gasteiger partial charge >= 0.3 is 0 Å². The Hall–Kier alpha value is -1.32. The molecule has 0 spiro atoms. The quantitative estimate of drug-likeness (QED) is 0.824. The van der Waals surface area contributed by atoms with E-state index in [9.17, 15) is 0 Å². The van der Waals surface area contributed by atoms with Crippen LogP contribution in [0.5, 0.6) is 0 Å². The fraction of sp³-hybridized carbons (Fsp3) is 0.429. The third kappa shape index (κ3) is 2.21. The van der Waals surface area contributed by atoms with E-state index >= 15 is 0 Å². The van der Waals surface area contributed by atoms with E-state index in [1.807, 2.05) is 6.20 Å². The number of H-pyrrole nitrogens is 1. The van der Waals surface area contributed by atoms with Crippen LogP contribution in [-0.4, -0.2) is 36.1 Å². The zero-order valence-corrected chi connectivity index (χ0v) is 10.3. The van der Waals surface area contributed by atoms with Gasteiger partial charge in [0.1, 0.15) is 0 Å². The Morgan fingerprint density at radius 2 is 2.06 bits per heavy atom. The van der Waals surface area contributed by atoms with Crippen molar-refractivity contribution >= 4 is 10.9 Å². The van der Waals surface area contributed by atoms with Crippen molar-refractivity contribution in [2.24, 2.45) is 0 Å². The second-order valence-electron chi connectivity index (χ2n) is 4.88. The van der Waals surface area contributed by atoms with Gasteiger partial charge in [-0.15, -0.1) is 0 Å². The number of hydrogen-bond donors (Lipinski definition) is 2. The van der Waals surface area contributed by atoms with Crippen molar-refractivity contribution in [3.63, 3.8) is 0 Å². The lowest BCUT2D eigenvalue weighted by molar-refractivity contribution is 0.233. The van der Waals surface area contributed by atoms with E-state index in [1.54, 1.807) is 0 Å². The number of aromatic nitrogens is 1. The van der Waals surface area contributed by atoms with Crippen molar-refractivity contribution in [3.05, 3.63) is 35.5 Å². The number of benzene rings is 1. The van der Waals surface area contributed by atoms with Gasteiger partial charge in [0, 0.05) is 44.4 Å². The highest BCUT2D eigenvalue weighted by Crippen LogP contribution is 2.20. The van der Waals surface area contributed by atoms with Gasteiger partial charge in [-0.05, 0) is 35.6 Å². The molecule has 1 aromatic carbocycles. The summed E-state index contributed by atoms with van der Waals surface area (Å²) < 4.78 is 0. The second-order valence-corrected chi connectivity index (χ2v) is 4.88. The van der Waals surface area contributed by atoms with Crippen LogP contribution in [0.4, 0.5) is 0 Å². The smallest absolute Gasteiger partial charge is 0.0483 e. The molecule has 1 fully saturated rings. The highest BCUT2D eigenvalue weighted by molar-refractivity contribution is 5.83. The molecule has 0 amide bonds. The Kier molecular flexibility index (Phi) is 2.87. The van der Waals surface area contributed by atoms with Crippen LogP contribution in [0.15, 0.2) is 24.4 Å². The summed E-state index contributed by atoms with van der Waals surface area (Å²) in [6, 6.07) is 6.77. The number of piperazine rings is 1. The van der Waals surface area contributed by atoms with Gasteiger partial charge in [-0.25, -0.2) is 0 Å². The van der Waals surface area contributed by atoms with Gasteiger partial charge in [0.25, 0.3) is 0 Å². The maximum absolute atomic E-state index is 3.39. The van der Waals surface area contributed by atoms with Crippen molar-refractivity contribution in [2.75, 3.05) is 26.2 Å². The molecular weight excluding hydrogens is 210 g/mol. The molecule has 0 unspecified atom stereocenters. The van der Waals surface area contributed by atoms with Crippen LogP contribution in [0.3, 0.4) is 0 Å². The lowest BCUT2D eigenvalue weighted by atomic mass is 10.1. The summed E-state index contributed by atoms with van der Waals surface area (Å²) in [5, 5.41) is 4.72. The zero-order valence-electron chi connectivity index (χ0n) is 10.3. The molecular formula is C14H19N3. The Morgan fingerprint density at radius 3 is 2.88 bits per heavy atom. The van der Waals surface area contributed by atoms with Crippen LogP contribution in [0.1, 0.15) is 11.1 Å². The molecule has 1 aliphatic rings. The number of aromatic amines is 1. The fourth-order valence-corrected chi connectivity index (χ4v) is 2.65. The first-order valence-electron chi connectivity index (χ1n) is 6.32. The summed E-state index contributed by atoms with van der Waals surface area (Å²) in [5.41, 5.74) is 4.04. The Bertz CT molecular complexity index is 509. The molecule has 3 rings (SSSR count). The molecule has 2 heterocycles. The molecule has 0 radical (unpaired) electrons. The molecule has 1 aromatic heterocycles. The standard InChI is InChI=1S/C14H19N3/c1-11-8-12(9-13-2-3-16-14(11)13)10-17-6-4-15-5-7-17/h2-3,8-9,15-16H,4-7,10H2,1H3. The summed E-state index contributed by atoms with van der Waals surface area (Å²) in [4.78, 5) is 5.81. The Labute approximate surface area is 102 Å². The maximum atomic E-state index is 3.39. The fourth-order valence-electron chi connectivity index (χ4n) is 2.65. The Balaban J connectivity index is 1.84. The molecule has 3 heteroatoms. The van der Waals surface area contributed by atoms with Crippen molar-refractivity contribution in [3.8, 4) is 0 Å². The minimum absolute atomic E-state index is 1.07. The summed E-state index contributed by atoms with van der Waals surface area (Å²) in [7, 11) is 0. The van der Waals surface area contributed by atoms with E-state index in [2.05, 4.69) is 40.3 Å². The number of hydrogen-bond acceptors (Lipinski definition) is 2. The summed E-state index contributed by atoms with van der Waals surface area (Å²) >= 11 is 0. The first-order valence-corrected chi connectivity index (χ1v) is 6.32. The third-order valence-electron chi connectivity index (χ3n) is 3.53. The van der Waals surface area contributed by atoms with E-state index in [0.29, 0.717) is 0 Å². The van der Waals surface area contributed by atoms with Crippen LogP contribution in [0.25, 0.3) is 10.9 Å². The molecule has 2 aromatic rings. The van der Waals surface area contributed by atoms with E-state index < -0.39 is 0 Å². The molecule has 3 nitrogen and oxygen atoms in total. The number of rotatable bonds is 2. The first-order chi connectivity index (χ1) is 8.33. The molecule has 0 bridgehead atoms. The lowest BCUT2D eigenvalue weighted by Gasteiger charge is -2.27. The second kappa shape index (κ2) is 4.51. The minimum Gasteiger partial charge on any atom is -0.361 e. The normalized spacial score (nSPS) is 17.7. The number of nitrogens with zero attached hydrogens (tertiary/aromatic N) is 1. The molecule has 0 saturated carbocycles. The van der Waals surface area contributed by atoms with Crippen LogP contribution < -0.4 is 5.32 Å². The minimum atomic E-state index is 1.07. The first kappa shape index (κ1) is 10.8. The molecule has 0 atom stereocenters. The summed E-state index contributed by atoms with van der Waals surface area (Å²) in [5.74, 6) is 0. The van der Waals surface area contributed by atoms with Gasteiger partial charge in [-0.3, -0.25) is 4.90 Å². The predicted octanol–water partition coefficient (Wildman–Crippen LogP) is 1.88. The monoisotopic (exact) mass is 229 g/mol. The molecule has 2 N–H and O–H groups in total. The highest BCUT2D eigenvalue weighted by atomic mass is 15.2. The molecule has 90 valence electrons. The van der Waals surface area contributed by atoms with Crippen molar-refractivity contribution < 1.29 is 0 Å². The number of nitrogens with one attached hydrogen (secondary N) is 2. The highest BCUT2D eigenvalue weighted by Gasteiger charge is 2.10. The van der Waals surface area contributed by atoms with Gasteiger partial charge in [-0.1, -0.05) is 6.07 Å². The molecule has 1 saturated heterocycles. The number of aryl methyl sites for hydroxylation is 1. The summed E-state index contributed by atoms with van der Waals surface area (Å²) in [6.45, 7) is 7.80. The van der Waals surface area contributed by atoms with Crippen LogP contribution in [-0.2, 0) is 6.54 Å². The average Bonchev–Trinajstić information content (AvgIpc) is 2.79.